The lowest BCUT2D eigenvalue weighted by Crippen LogP contribution is -2.41. The van der Waals surface area contributed by atoms with Crippen LogP contribution in [-0.4, -0.2) is 35.8 Å². The highest BCUT2D eigenvalue weighted by atomic mass is 32.2. The van der Waals surface area contributed by atoms with Gasteiger partial charge in [0.1, 0.15) is 11.5 Å². The molecule has 0 N–H and O–H groups in total. The zero-order chi connectivity index (χ0) is 16.6. The predicted molar refractivity (Wildman–Crippen MR) is 83.8 cm³/mol. The van der Waals surface area contributed by atoms with Crippen molar-refractivity contribution < 1.29 is 17.4 Å². The van der Waals surface area contributed by atoms with Crippen molar-refractivity contribution in [2.45, 2.75) is 39.3 Å². The van der Waals surface area contributed by atoms with Crippen LogP contribution in [0.4, 0.5) is 0 Å². The molecular weight excluding hydrogens is 318 g/mol. The molecule has 1 atom stereocenters. The minimum Gasteiger partial charge on any atom is -0.468 e. The van der Waals surface area contributed by atoms with E-state index in [1.54, 1.807) is 26.3 Å². The average molecular weight is 339 g/mol. The molecule has 2 aromatic rings. The van der Waals surface area contributed by atoms with Crippen molar-refractivity contribution in [3.05, 3.63) is 41.2 Å². The van der Waals surface area contributed by atoms with Crippen molar-refractivity contribution in [3.8, 4) is 0 Å². The van der Waals surface area contributed by atoms with Gasteiger partial charge >= 0.3 is 0 Å². The highest BCUT2D eigenvalue weighted by molar-refractivity contribution is 7.86. The van der Waals surface area contributed by atoms with Crippen molar-refractivity contribution in [3.63, 3.8) is 0 Å². The van der Waals surface area contributed by atoms with E-state index >= 15 is 0 Å². The fraction of sp³-hybridized carbons (Fsp3) is 0.533. The van der Waals surface area contributed by atoms with Gasteiger partial charge in [-0.25, -0.2) is 0 Å². The lowest BCUT2D eigenvalue weighted by molar-refractivity contribution is 0.311. The van der Waals surface area contributed by atoms with Crippen molar-refractivity contribution in [2.24, 2.45) is 0 Å². The summed E-state index contributed by atoms with van der Waals surface area (Å²) in [5.41, 5.74) is 1.53. The lowest BCUT2D eigenvalue weighted by atomic mass is 10.2. The second-order valence-electron chi connectivity index (χ2n) is 5.85. The molecule has 1 fully saturated rings. The molecule has 0 bridgehead atoms. The molecule has 23 heavy (non-hydrogen) atoms. The maximum Gasteiger partial charge on any atom is 0.282 e. The molecule has 0 radical (unpaired) electrons. The van der Waals surface area contributed by atoms with Crippen molar-refractivity contribution in [1.29, 1.82) is 0 Å². The second kappa shape index (κ2) is 6.10. The Morgan fingerprint density at radius 3 is 2.83 bits per heavy atom. The first-order valence-electron chi connectivity index (χ1n) is 7.59. The molecule has 0 amide bonds. The first-order valence-corrected chi connectivity index (χ1v) is 8.99. The maximum atomic E-state index is 12.9. The number of hydrogen-bond donors (Lipinski definition) is 0. The smallest absolute Gasteiger partial charge is 0.282 e. The van der Waals surface area contributed by atoms with Gasteiger partial charge in [-0.2, -0.15) is 17.0 Å². The number of aryl methyl sites for hydroxylation is 2. The molecule has 0 saturated carbocycles. The Morgan fingerprint density at radius 2 is 2.22 bits per heavy atom. The summed E-state index contributed by atoms with van der Waals surface area (Å²) in [5.74, 6) is 1.34. The molecule has 2 aromatic heterocycles. The van der Waals surface area contributed by atoms with Gasteiger partial charge in [0.05, 0.1) is 18.0 Å². The largest absolute Gasteiger partial charge is 0.468 e. The Labute approximate surface area is 136 Å². The van der Waals surface area contributed by atoms with Crippen molar-refractivity contribution >= 4 is 10.2 Å². The number of aromatic nitrogens is 1. The predicted octanol–water partition coefficient (Wildman–Crippen LogP) is 2.40. The lowest BCUT2D eigenvalue weighted by Gasteiger charge is -2.27. The van der Waals surface area contributed by atoms with Crippen molar-refractivity contribution in [2.75, 3.05) is 13.6 Å². The summed E-state index contributed by atoms with van der Waals surface area (Å²) in [4.78, 5) is 0. The fourth-order valence-corrected chi connectivity index (χ4v) is 4.53. The summed E-state index contributed by atoms with van der Waals surface area (Å²) in [6, 6.07) is 3.38. The Hall–Kier alpha value is -1.64. The quantitative estimate of drug-likeness (QED) is 0.835. The summed E-state index contributed by atoms with van der Waals surface area (Å²) in [6.45, 7) is 4.34. The van der Waals surface area contributed by atoms with Crippen LogP contribution in [0.25, 0.3) is 0 Å². The van der Waals surface area contributed by atoms with E-state index in [1.165, 1.54) is 8.61 Å². The number of nitrogens with zero attached hydrogens (tertiary/aromatic N) is 3. The zero-order valence-electron chi connectivity index (χ0n) is 13.5. The summed E-state index contributed by atoms with van der Waals surface area (Å²) in [5, 5.41) is 3.88. The molecular formula is C15H21N3O4S. The molecule has 1 unspecified atom stereocenters. The monoisotopic (exact) mass is 339 g/mol. The van der Waals surface area contributed by atoms with E-state index in [9.17, 15) is 8.42 Å². The minimum atomic E-state index is -3.59. The SMILES string of the molecule is Cc1noc(C)c1CN(C)S(=O)(=O)N1CCCC1c1ccco1. The van der Waals surface area contributed by atoms with Crippen molar-refractivity contribution in [1.82, 2.24) is 13.8 Å². The second-order valence-corrected chi connectivity index (χ2v) is 7.84. The van der Waals surface area contributed by atoms with Crippen LogP contribution in [-0.2, 0) is 16.8 Å². The van der Waals surface area contributed by atoms with Crippen LogP contribution in [0.2, 0.25) is 0 Å². The molecule has 1 aliphatic rings. The Morgan fingerprint density at radius 1 is 1.43 bits per heavy atom. The van der Waals surface area contributed by atoms with E-state index < -0.39 is 10.2 Å². The molecule has 0 aliphatic carbocycles. The number of hydrogen-bond acceptors (Lipinski definition) is 5. The molecule has 7 nitrogen and oxygen atoms in total. The van der Waals surface area contributed by atoms with Crippen LogP contribution in [0, 0.1) is 13.8 Å². The van der Waals surface area contributed by atoms with E-state index in [2.05, 4.69) is 5.16 Å². The van der Waals surface area contributed by atoms with Gasteiger partial charge in [0, 0.05) is 25.7 Å². The van der Waals surface area contributed by atoms with E-state index in [0.717, 1.165) is 18.4 Å². The van der Waals surface area contributed by atoms with Gasteiger partial charge in [0.15, 0.2) is 0 Å². The van der Waals surface area contributed by atoms with E-state index in [-0.39, 0.29) is 12.6 Å². The van der Waals surface area contributed by atoms with Crippen LogP contribution in [0.15, 0.2) is 27.3 Å². The maximum absolute atomic E-state index is 12.9. The van der Waals surface area contributed by atoms with Gasteiger partial charge in [-0.3, -0.25) is 0 Å². The van der Waals surface area contributed by atoms with Crippen LogP contribution in [0.5, 0.6) is 0 Å². The summed E-state index contributed by atoms with van der Waals surface area (Å²) in [7, 11) is -2.00. The van der Waals surface area contributed by atoms with Gasteiger partial charge in [-0.1, -0.05) is 5.16 Å². The summed E-state index contributed by atoms with van der Waals surface area (Å²) >= 11 is 0. The normalized spacial score (nSPS) is 19.7. The van der Waals surface area contributed by atoms with E-state index in [1.807, 2.05) is 13.0 Å². The molecule has 8 heteroatoms. The molecule has 0 aromatic carbocycles. The van der Waals surface area contributed by atoms with Gasteiger partial charge in [0.25, 0.3) is 10.2 Å². The highest BCUT2D eigenvalue weighted by Gasteiger charge is 2.39. The van der Waals surface area contributed by atoms with Gasteiger partial charge < -0.3 is 8.94 Å². The molecule has 1 aliphatic heterocycles. The van der Waals surface area contributed by atoms with Crippen LogP contribution in [0.3, 0.4) is 0 Å². The molecule has 1 saturated heterocycles. The Balaban J connectivity index is 1.83. The zero-order valence-corrected chi connectivity index (χ0v) is 14.3. The third kappa shape index (κ3) is 2.93. The standard InChI is InChI=1S/C15H21N3O4S/c1-11-13(12(2)22-16-11)10-17(3)23(19,20)18-8-4-6-14(18)15-7-5-9-21-15/h5,7,9,14H,4,6,8,10H2,1-3H3. The van der Waals surface area contributed by atoms with Gasteiger partial charge in [-0.15, -0.1) is 0 Å². The molecule has 126 valence electrons. The van der Waals surface area contributed by atoms with Crippen LogP contribution < -0.4 is 0 Å². The van der Waals surface area contributed by atoms with E-state index in [4.69, 9.17) is 8.94 Å². The fourth-order valence-electron chi connectivity index (χ4n) is 2.99. The average Bonchev–Trinajstić information content (AvgIpc) is 3.23. The number of rotatable bonds is 5. The Kier molecular flexibility index (Phi) is 4.31. The van der Waals surface area contributed by atoms with Crippen LogP contribution in [0.1, 0.15) is 41.7 Å². The highest BCUT2D eigenvalue weighted by Crippen LogP contribution is 2.35. The van der Waals surface area contributed by atoms with E-state index in [0.29, 0.717) is 23.8 Å². The van der Waals surface area contributed by atoms with Gasteiger partial charge in [-0.05, 0) is 38.8 Å². The van der Waals surface area contributed by atoms with Crippen LogP contribution >= 0.6 is 0 Å². The topological polar surface area (TPSA) is 79.8 Å². The first kappa shape index (κ1) is 16.2. The third-order valence-corrected chi connectivity index (χ3v) is 6.27. The third-order valence-electron chi connectivity index (χ3n) is 4.33. The minimum absolute atomic E-state index is 0.234. The molecule has 3 rings (SSSR count). The van der Waals surface area contributed by atoms with Gasteiger partial charge in [0.2, 0.25) is 0 Å². The Bertz CT molecular complexity index is 747. The number of furan rings is 1. The summed E-state index contributed by atoms with van der Waals surface area (Å²) < 4.78 is 39.3. The first-order chi connectivity index (χ1) is 10.9. The summed E-state index contributed by atoms with van der Waals surface area (Å²) in [6.07, 6.45) is 3.17. The molecule has 0 spiro atoms. The molecule has 3 heterocycles.